The molecule has 10 heteroatoms. The molecule has 0 aliphatic carbocycles. The number of halogens is 2. The molecule has 4 rings (SSSR count). The Labute approximate surface area is 184 Å². The third-order valence-electron chi connectivity index (χ3n) is 5.12. The zero-order valence-corrected chi connectivity index (χ0v) is 17.8. The number of carbonyl (C=O) groups is 2. The number of aryl methyl sites for hydroxylation is 1. The van der Waals surface area contributed by atoms with Crippen LogP contribution in [0.3, 0.4) is 0 Å². The van der Waals surface area contributed by atoms with Crippen molar-refractivity contribution in [3.63, 3.8) is 0 Å². The number of likely N-dealkylation sites (N-methyl/N-ethyl adjacent to an activating group) is 2. The third-order valence-corrected chi connectivity index (χ3v) is 5.12. The van der Waals surface area contributed by atoms with Crippen molar-refractivity contribution in [2.45, 2.75) is 19.1 Å². The fourth-order valence-electron chi connectivity index (χ4n) is 3.38. The molecule has 0 aromatic heterocycles. The van der Waals surface area contributed by atoms with E-state index in [1.807, 2.05) is 6.07 Å². The highest BCUT2D eigenvalue weighted by Crippen LogP contribution is 2.40. The lowest BCUT2D eigenvalue weighted by Gasteiger charge is -2.26. The van der Waals surface area contributed by atoms with Crippen molar-refractivity contribution in [1.29, 1.82) is 0 Å². The minimum Gasteiger partial charge on any atom is -0.435 e. The average Bonchev–Trinajstić information content (AvgIpc) is 3.25. The fourth-order valence-corrected chi connectivity index (χ4v) is 3.38. The molecule has 168 valence electrons. The lowest BCUT2D eigenvalue weighted by Crippen LogP contribution is -2.41. The summed E-state index contributed by atoms with van der Waals surface area (Å²) in [5.41, 5.74) is 6.21. The molecule has 0 radical (unpaired) electrons. The minimum absolute atomic E-state index is 0.0534. The summed E-state index contributed by atoms with van der Waals surface area (Å²) in [7, 11) is 3.24. The standard InChI is InChI=1S/C18H17F2N3O2.C4H6N2O/c1-11-10-13(8-9-14(11)25-16(19)20)18(12-6-4-3-5-7-12)15(24)23(2)17(21)22-18;1-6-3-5-2-4(6)7/h3-10,16H,1-2H3,(H2,21,22);3H,2H2,1H3. The van der Waals surface area contributed by atoms with Gasteiger partial charge in [-0.05, 0) is 35.7 Å². The summed E-state index contributed by atoms with van der Waals surface area (Å²) in [5, 5.41) is 0. The first-order valence-corrected chi connectivity index (χ1v) is 9.67. The van der Waals surface area contributed by atoms with Crippen molar-refractivity contribution in [2.75, 3.05) is 20.6 Å². The Morgan fingerprint density at radius 3 is 2.22 bits per heavy atom. The number of carbonyl (C=O) groups excluding carboxylic acids is 2. The first-order valence-electron chi connectivity index (χ1n) is 9.67. The fraction of sp³-hybridized carbons (Fsp3) is 0.273. The topological polar surface area (TPSA) is 101 Å². The van der Waals surface area contributed by atoms with Crippen LogP contribution in [0.1, 0.15) is 16.7 Å². The van der Waals surface area contributed by atoms with Gasteiger partial charge < -0.3 is 15.4 Å². The average molecular weight is 443 g/mol. The van der Waals surface area contributed by atoms with E-state index in [2.05, 4.69) is 14.7 Å². The van der Waals surface area contributed by atoms with E-state index in [1.54, 1.807) is 57.4 Å². The first-order chi connectivity index (χ1) is 15.2. The Morgan fingerprint density at radius 2 is 1.78 bits per heavy atom. The number of amides is 2. The molecule has 2 aromatic carbocycles. The molecule has 2 aliphatic rings. The number of ether oxygens (including phenoxy) is 1. The van der Waals surface area contributed by atoms with Gasteiger partial charge in [0.15, 0.2) is 11.5 Å². The van der Waals surface area contributed by atoms with Gasteiger partial charge in [-0.2, -0.15) is 8.78 Å². The SMILES string of the molecule is CN1C=NCC1=O.Cc1cc(C2(c3ccccc3)N=C(N)N(C)C2=O)ccc1OC(F)F. The van der Waals surface area contributed by atoms with Gasteiger partial charge in [-0.15, -0.1) is 0 Å². The first kappa shape index (κ1) is 22.9. The number of benzene rings is 2. The van der Waals surface area contributed by atoms with Gasteiger partial charge in [-0.1, -0.05) is 36.4 Å². The summed E-state index contributed by atoms with van der Waals surface area (Å²) >= 11 is 0. The van der Waals surface area contributed by atoms with E-state index in [1.165, 1.54) is 22.2 Å². The van der Waals surface area contributed by atoms with E-state index in [0.29, 0.717) is 23.2 Å². The van der Waals surface area contributed by atoms with Gasteiger partial charge in [0.2, 0.25) is 5.91 Å². The van der Waals surface area contributed by atoms with E-state index in [0.717, 1.165) is 0 Å². The van der Waals surface area contributed by atoms with Crippen molar-refractivity contribution in [3.8, 4) is 5.75 Å². The van der Waals surface area contributed by atoms with Crippen LogP contribution in [-0.4, -0.2) is 61.2 Å². The van der Waals surface area contributed by atoms with Crippen LogP contribution in [0.2, 0.25) is 0 Å². The summed E-state index contributed by atoms with van der Waals surface area (Å²) in [6.07, 6.45) is 1.53. The molecule has 1 atom stereocenters. The maximum absolute atomic E-state index is 13.0. The van der Waals surface area contributed by atoms with E-state index in [-0.39, 0.29) is 23.5 Å². The molecule has 2 heterocycles. The van der Waals surface area contributed by atoms with E-state index < -0.39 is 12.2 Å². The Kier molecular flexibility index (Phi) is 6.52. The van der Waals surface area contributed by atoms with Crippen molar-refractivity contribution in [1.82, 2.24) is 9.80 Å². The predicted molar refractivity (Wildman–Crippen MR) is 116 cm³/mol. The zero-order valence-electron chi connectivity index (χ0n) is 17.8. The van der Waals surface area contributed by atoms with E-state index >= 15 is 0 Å². The van der Waals surface area contributed by atoms with Crippen LogP contribution >= 0.6 is 0 Å². The van der Waals surface area contributed by atoms with Gasteiger partial charge in [0, 0.05) is 14.1 Å². The quantitative estimate of drug-likeness (QED) is 0.782. The van der Waals surface area contributed by atoms with Crippen LogP contribution in [-0.2, 0) is 15.1 Å². The third kappa shape index (κ3) is 4.29. The molecule has 1 unspecified atom stereocenters. The maximum Gasteiger partial charge on any atom is 0.387 e. The smallest absolute Gasteiger partial charge is 0.387 e. The zero-order chi connectivity index (χ0) is 23.5. The molecule has 2 amide bonds. The molecule has 0 saturated heterocycles. The Hall–Kier alpha value is -3.82. The van der Waals surface area contributed by atoms with Crippen molar-refractivity contribution >= 4 is 24.1 Å². The van der Waals surface area contributed by atoms with Crippen LogP contribution in [0.25, 0.3) is 0 Å². The molecule has 0 spiro atoms. The molecule has 0 fully saturated rings. The molecule has 8 nitrogen and oxygen atoms in total. The highest BCUT2D eigenvalue weighted by Gasteiger charge is 2.49. The summed E-state index contributed by atoms with van der Waals surface area (Å²) in [6.45, 7) is -0.951. The van der Waals surface area contributed by atoms with Gasteiger partial charge in [-0.3, -0.25) is 19.5 Å². The lowest BCUT2D eigenvalue weighted by molar-refractivity contribution is -0.129. The van der Waals surface area contributed by atoms with Crippen molar-refractivity contribution in [2.24, 2.45) is 15.7 Å². The van der Waals surface area contributed by atoms with Crippen LogP contribution in [0.15, 0.2) is 58.5 Å². The molecular weight excluding hydrogens is 420 g/mol. The number of guanidine groups is 1. The van der Waals surface area contributed by atoms with Crippen molar-refractivity contribution in [3.05, 3.63) is 65.2 Å². The second kappa shape index (κ2) is 9.13. The number of alkyl halides is 2. The molecule has 2 aromatic rings. The molecule has 0 saturated carbocycles. The number of hydrogen-bond donors (Lipinski definition) is 1. The Balaban J connectivity index is 0.000000352. The molecular formula is C22H23F2N5O3. The second-order valence-corrected chi connectivity index (χ2v) is 7.23. The van der Waals surface area contributed by atoms with Crippen molar-refractivity contribution < 1.29 is 23.1 Å². The lowest BCUT2D eigenvalue weighted by atomic mass is 9.82. The normalized spacial score (nSPS) is 19.9. The predicted octanol–water partition coefficient (Wildman–Crippen LogP) is 2.11. The molecule has 2 N–H and O–H groups in total. The molecule has 2 aliphatic heterocycles. The van der Waals surface area contributed by atoms with E-state index in [9.17, 15) is 18.4 Å². The second-order valence-electron chi connectivity index (χ2n) is 7.23. The van der Waals surface area contributed by atoms with Crippen LogP contribution < -0.4 is 10.5 Å². The van der Waals surface area contributed by atoms with Crippen LogP contribution in [0.5, 0.6) is 5.75 Å². The summed E-state index contributed by atoms with van der Waals surface area (Å²) in [6, 6.07) is 13.6. The minimum atomic E-state index is -2.92. The van der Waals surface area contributed by atoms with Crippen LogP contribution in [0.4, 0.5) is 8.78 Å². The maximum atomic E-state index is 13.0. The highest BCUT2D eigenvalue weighted by atomic mass is 19.3. The number of nitrogens with zero attached hydrogens (tertiary/aromatic N) is 4. The van der Waals surface area contributed by atoms with Gasteiger partial charge in [-0.25, -0.2) is 4.99 Å². The van der Waals surface area contributed by atoms with Gasteiger partial charge in [0.25, 0.3) is 5.91 Å². The number of rotatable bonds is 4. The largest absolute Gasteiger partial charge is 0.435 e. The van der Waals surface area contributed by atoms with Gasteiger partial charge in [0.1, 0.15) is 12.3 Å². The highest BCUT2D eigenvalue weighted by molar-refractivity contribution is 6.08. The number of hydrogen-bond acceptors (Lipinski definition) is 6. The molecule has 0 bridgehead atoms. The summed E-state index contributed by atoms with van der Waals surface area (Å²) < 4.78 is 29.5. The molecule has 32 heavy (non-hydrogen) atoms. The monoisotopic (exact) mass is 443 g/mol. The van der Waals surface area contributed by atoms with Crippen LogP contribution in [0, 0.1) is 6.92 Å². The number of nitrogens with two attached hydrogens (primary N) is 1. The Bertz CT molecular complexity index is 1070. The summed E-state index contributed by atoms with van der Waals surface area (Å²) in [5.74, 6) is -0.0877. The number of aliphatic imine (C=N–C) groups is 2. The van der Waals surface area contributed by atoms with E-state index in [4.69, 9.17) is 5.73 Å². The Morgan fingerprint density at radius 1 is 1.09 bits per heavy atom. The van der Waals surface area contributed by atoms with Gasteiger partial charge in [0.05, 0.1) is 6.34 Å². The summed E-state index contributed by atoms with van der Waals surface area (Å²) in [4.78, 5) is 34.3. The van der Waals surface area contributed by atoms with Gasteiger partial charge >= 0.3 is 6.61 Å².